The molecular formula is C8H15NO2. The predicted octanol–water partition coefficient (Wildman–Crippen LogP) is 0.699. The van der Waals surface area contributed by atoms with Crippen LogP contribution in [0.2, 0.25) is 0 Å². The Labute approximate surface area is 67.2 Å². The van der Waals surface area contributed by atoms with Crippen LogP contribution >= 0.6 is 0 Å². The van der Waals surface area contributed by atoms with Gasteiger partial charge in [0.2, 0.25) is 0 Å². The SMILES string of the molecule is C=CC(C)(C)[C@@H](N)C(=O)OC. The summed E-state index contributed by atoms with van der Waals surface area (Å²) in [7, 11) is 1.32. The Morgan fingerprint density at radius 1 is 1.73 bits per heavy atom. The number of ether oxygens (including phenoxy) is 1. The molecule has 0 aromatic rings. The van der Waals surface area contributed by atoms with E-state index in [4.69, 9.17) is 5.73 Å². The second-order valence-electron chi connectivity index (χ2n) is 3.03. The fourth-order valence-electron chi connectivity index (χ4n) is 0.558. The van der Waals surface area contributed by atoms with Crippen molar-refractivity contribution in [1.29, 1.82) is 0 Å². The second-order valence-corrected chi connectivity index (χ2v) is 3.03. The van der Waals surface area contributed by atoms with Crippen LogP contribution in [0.3, 0.4) is 0 Å². The smallest absolute Gasteiger partial charge is 0.323 e. The summed E-state index contributed by atoms with van der Waals surface area (Å²) in [6.45, 7) is 7.25. The Kier molecular flexibility index (Phi) is 3.26. The van der Waals surface area contributed by atoms with Gasteiger partial charge in [-0.25, -0.2) is 0 Å². The average molecular weight is 157 g/mol. The summed E-state index contributed by atoms with van der Waals surface area (Å²) in [5, 5.41) is 0. The van der Waals surface area contributed by atoms with Crippen LogP contribution in [0.25, 0.3) is 0 Å². The van der Waals surface area contributed by atoms with Gasteiger partial charge in [0.15, 0.2) is 0 Å². The third-order valence-electron chi connectivity index (χ3n) is 1.78. The molecule has 1 atom stereocenters. The largest absolute Gasteiger partial charge is 0.468 e. The summed E-state index contributed by atoms with van der Waals surface area (Å²) in [6, 6.07) is -0.634. The van der Waals surface area contributed by atoms with Gasteiger partial charge in [0, 0.05) is 5.41 Å². The number of carbonyl (C=O) groups is 1. The van der Waals surface area contributed by atoms with Crippen molar-refractivity contribution in [3.05, 3.63) is 12.7 Å². The van der Waals surface area contributed by atoms with Crippen molar-refractivity contribution in [3.63, 3.8) is 0 Å². The van der Waals surface area contributed by atoms with Gasteiger partial charge in [-0.2, -0.15) is 0 Å². The number of rotatable bonds is 3. The first-order valence-corrected chi connectivity index (χ1v) is 3.42. The van der Waals surface area contributed by atoms with E-state index in [1.807, 2.05) is 13.8 Å². The van der Waals surface area contributed by atoms with E-state index in [-0.39, 0.29) is 0 Å². The standard InChI is InChI=1S/C8H15NO2/c1-5-8(2,3)6(9)7(10)11-4/h5-6H,1,9H2,2-4H3/t6-/m0/s1. The van der Waals surface area contributed by atoms with Crippen molar-refractivity contribution in [2.75, 3.05) is 7.11 Å². The molecule has 3 heteroatoms. The van der Waals surface area contributed by atoms with Gasteiger partial charge >= 0.3 is 5.97 Å². The van der Waals surface area contributed by atoms with Gasteiger partial charge < -0.3 is 10.5 Å². The molecule has 0 fully saturated rings. The molecular weight excluding hydrogens is 142 g/mol. The van der Waals surface area contributed by atoms with E-state index in [1.165, 1.54) is 7.11 Å². The molecule has 0 amide bonds. The molecule has 0 heterocycles. The van der Waals surface area contributed by atoms with E-state index < -0.39 is 17.4 Å². The molecule has 0 aromatic carbocycles. The molecule has 0 spiro atoms. The third-order valence-corrected chi connectivity index (χ3v) is 1.78. The van der Waals surface area contributed by atoms with Gasteiger partial charge in [-0.1, -0.05) is 19.9 Å². The summed E-state index contributed by atoms with van der Waals surface area (Å²) in [5.74, 6) is -0.408. The Morgan fingerprint density at radius 3 is 2.45 bits per heavy atom. The zero-order chi connectivity index (χ0) is 9.07. The highest BCUT2D eigenvalue weighted by atomic mass is 16.5. The van der Waals surface area contributed by atoms with Gasteiger partial charge in [-0.15, -0.1) is 6.58 Å². The van der Waals surface area contributed by atoms with Crippen LogP contribution in [0.15, 0.2) is 12.7 Å². The maximum Gasteiger partial charge on any atom is 0.323 e. The van der Waals surface area contributed by atoms with Gasteiger partial charge in [0.25, 0.3) is 0 Å². The normalized spacial score (nSPS) is 13.8. The van der Waals surface area contributed by atoms with Crippen LogP contribution in [0.5, 0.6) is 0 Å². The summed E-state index contributed by atoms with van der Waals surface area (Å²) in [5.41, 5.74) is 5.16. The van der Waals surface area contributed by atoms with Crippen molar-refractivity contribution < 1.29 is 9.53 Å². The lowest BCUT2D eigenvalue weighted by atomic mass is 9.85. The predicted molar refractivity (Wildman–Crippen MR) is 44.0 cm³/mol. The van der Waals surface area contributed by atoms with Crippen molar-refractivity contribution in [2.45, 2.75) is 19.9 Å². The highest BCUT2D eigenvalue weighted by molar-refractivity contribution is 5.76. The molecule has 2 N–H and O–H groups in total. The van der Waals surface area contributed by atoms with Crippen LogP contribution < -0.4 is 5.73 Å². The van der Waals surface area contributed by atoms with E-state index in [0.29, 0.717) is 0 Å². The van der Waals surface area contributed by atoms with E-state index in [9.17, 15) is 4.79 Å². The van der Waals surface area contributed by atoms with Crippen molar-refractivity contribution in [2.24, 2.45) is 11.1 Å². The Balaban J connectivity index is 4.34. The average Bonchev–Trinajstić information content (AvgIpc) is 2.01. The van der Waals surface area contributed by atoms with Crippen molar-refractivity contribution >= 4 is 5.97 Å². The van der Waals surface area contributed by atoms with Crippen molar-refractivity contribution in [3.8, 4) is 0 Å². The number of methoxy groups -OCH3 is 1. The zero-order valence-corrected chi connectivity index (χ0v) is 7.26. The molecule has 0 saturated carbocycles. The molecule has 3 nitrogen and oxygen atoms in total. The van der Waals surface area contributed by atoms with E-state index in [2.05, 4.69) is 11.3 Å². The lowest BCUT2D eigenvalue weighted by Crippen LogP contribution is -2.43. The number of hydrogen-bond donors (Lipinski definition) is 1. The molecule has 0 radical (unpaired) electrons. The fraction of sp³-hybridized carbons (Fsp3) is 0.625. The van der Waals surface area contributed by atoms with Crippen LogP contribution in [0.4, 0.5) is 0 Å². The van der Waals surface area contributed by atoms with Gasteiger partial charge in [0.1, 0.15) is 6.04 Å². The minimum Gasteiger partial charge on any atom is -0.468 e. The minimum absolute atomic E-state index is 0.408. The Hall–Kier alpha value is -0.830. The lowest BCUT2D eigenvalue weighted by molar-refractivity contribution is -0.144. The maximum atomic E-state index is 10.9. The highest BCUT2D eigenvalue weighted by Crippen LogP contribution is 2.20. The van der Waals surface area contributed by atoms with Crippen molar-refractivity contribution in [1.82, 2.24) is 0 Å². The number of nitrogens with two attached hydrogens (primary N) is 1. The molecule has 0 saturated heterocycles. The van der Waals surface area contributed by atoms with Gasteiger partial charge in [-0.05, 0) is 0 Å². The van der Waals surface area contributed by atoms with Gasteiger partial charge in [0.05, 0.1) is 7.11 Å². The first-order valence-electron chi connectivity index (χ1n) is 3.42. The second kappa shape index (κ2) is 3.53. The quantitative estimate of drug-likeness (QED) is 0.484. The highest BCUT2D eigenvalue weighted by Gasteiger charge is 2.29. The summed E-state index contributed by atoms with van der Waals surface area (Å²) in [6.07, 6.45) is 1.65. The Bertz CT molecular complexity index is 163. The minimum atomic E-state index is -0.634. The fourth-order valence-corrected chi connectivity index (χ4v) is 0.558. The third kappa shape index (κ3) is 2.35. The molecule has 0 rings (SSSR count). The maximum absolute atomic E-state index is 10.9. The van der Waals surface area contributed by atoms with Crippen LogP contribution in [-0.4, -0.2) is 19.1 Å². The van der Waals surface area contributed by atoms with E-state index in [1.54, 1.807) is 6.08 Å². The van der Waals surface area contributed by atoms with E-state index in [0.717, 1.165) is 0 Å². The Morgan fingerprint density at radius 2 is 2.18 bits per heavy atom. The number of hydrogen-bond acceptors (Lipinski definition) is 3. The molecule has 0 aliphatic rings. The summed E-state index contributed by atoms with van der Waals surface area (Å²) in [4.78, 5) is 10.9. The summed E-state index contributed by atoms with van der Waals surface area (Å²) >= 11 is 0. The molecule has 0 bridgehead atoms. The molecule has 0 aromatic heterocycles. The van der Waals surface area contributed by atoms with Crippen LogP contribution in [0.1, 0.15) is 13.8 Å². The topological polar surface area (TPSA) is 52.3 Å². The molecule has 11 heavy (non-hydrogen) atoms. The lowest BCUT2D eigenvalue weighted by Gasteiger charge is -2.25. The first kappa shape index (κ1) is 10.2. The number of esters is 1. The molecule has 0 unspecified atom stereocenters. The number of carbonyl (C=O) groups excluding carboxylic acids is 1. The van der Waals surface area contributed by atoms with Crippen LogP contribution in [0, 0.1) is 5.41 Å². The monoisotopic (exact) mass is 157 g/mol. The molecule has 0 aliphatic carbocycles. The summed E-state index contributed by atoms with van der Waals surface area (Å²) < 4.78 is 4.49. The molecule has 64 valence electrons. The van der Waals surface area contributed by atoms with E-state index >= 15 is 0 Å². The van der Waals surface area contributed by atoms with Crippen LogP contribution in [-0.2, 0) is 9.53 Å². The van der Waals surface area contributed by atoms with Gasteiger partial charge in [-0.3, -0.25) is 4.79 Å². The zero-order valence-electron chi connectivity index (χ0n) is 7.26. The first-order chi connectivity index (χ1) is 4.95. The molecule has 0 aliphatic heterocycles.